The number of hydrogen-bond donors (Lipinski definition) is 1. The molecule has 0 aliphatic carbocycles. The van der Waals surface area contributed by atoms with Gasteiger partial charge in [-0.25, -0.2) is 4.98 Å². The van der Waals surface area contributed by atoms with Crippen molar-refractivity contribution in [2.24, 2.45) is 5.92 Å². The lowest BCUT2D eigenvalue weighted by Crippen LogP contribution is -2.37. The van der Waals surface area contributed by atoms with Crippen molar-refractivity contribution >= 4 is 24.1 Å². The summed E-state index contributed by atoms with van der Waals surface area (Å²) in [5.74, 6) is 4.65. The molecule has 1 aliphatic rings. The van der Waals surface area contributed by atoms with Gasteiger partial charge in [0.1, 0.15) is 17.3 Å². The summed E-state index contributed by atoms with van der Waals surface area (Å²) in [5.41, 5.74) is 2.18. The van der Waals surface area contributed by atoms with E-state index in [4.69, 9.17) is 4.98 Å². The molecule has 2 rings (SSSR count). The molecule has 0 atom stereocenters. The van der Waals surface area contributed by atoms with Gasteiger partial charge in [0.25, 0.3) is 0 Å². The van der Waals surface area contributed by atoms with Crippen molar-refractivity contribution in [3.05, 3.63) is 30.5 Å². The van der Waals surface area contributed by atoms with Crippen LogP contribution in [-0.2, 0) is 13.0 Å². The fourth-order valence-corrected chi connectivity index (χ4v) is 3.27. The zero-order chi connectivity index (χ0) is 17.9. The van der Waals surface area contributed by atoms with E-state index in [0.29, 0.717) is 5.92 Å². The third-order valence-corrected chi connectivity index (χ3v) is 4.90. The zero-order valence-electron chi connectivity index (χ0n) is 15.7. The maximum atomic E-state index is 4.94. The Morgan fingerprint density at radius 1 is 1.21 bits per heavy atom. The predicted octanol–water partition coefficient (Wildman–Crippen LogP) is 4.40. The lowest BCUT2D eigenvalue weighted by Gasteiger charge is -2.38. The summed E-state index contributed by atoms with van der Waals surface area (Å²) in [4.78, 5) is 9.26. The highest BCUT2D eigenvalue weighted by molar-refractivity contribution is 7.80. The quantitative estimate of drug-likeness (QED) is 0.705. The summed E-state index contributed by atoms with van der Waals surface area (Å²) >= 11 is 4.35. The number of fused-ring (bicyclic) bond motifs is 1. The number of thiol groups is 1. The molecule has 0 saturated carbocycles. The highest BCUT2D eigenvalue weighted by Gasteiger charge is 2.32. The number of imidazole rings is 1. The van der Waals surface area contributed by atoms with E-state index in [1.165, 1.54) is 5.82 Å². The molecule has 0 unspecified atom stereocenters. The van der Waals surface area contributed by atoms with Gasteiger partial charge in [-0.2, -0.15) is 12.6 Å². The maximum absolute atomic E-state index is 4.94. The van der Waals surface area contributed by atoms with E-state index in [9.17, 15) is 0 Å². The van der Waals surface area contributed by atoms with Gasteiger partial charge in [-0.3, -0.25) is 0 Å². The topological polar surface area (TPSA) is 24.3 Å². The summed E-state index contributed by atoms with van der Waals surface area (Å²) in [7, 11) is 2.05. The van der Waals surface area contributed by atoms with E-state index in [2.05, 4.69) is 68.0 Å². The van der Waals surface area contributed by atoms with Crippen LogP contribution in [-0.4, -0.2) is 33.8 Å². The Balaban J connectivity index is 2.45. The fourth-order valence-electron chi connectivity index (χ4n) is 3.13. The highest BCUT2D eigenvalue weighted by atomic mass is 32.1. The minimum Gasteiger partial charge on any atom is -0.327 e. The second kappa shape index (κ2) is 8.15. The average molecular weight is 349 g/mol. The first-order valence-electron chi connectivity index (χ1n) is 9.02. The van der Waals surface area contributed by atoms with Crippen molar-refractivity contribution in [3.8, 4) is 0 Å². The molecule has 0 radical (unpaired) electrons. The molecule has 0 spiro atoms. The lowest BCUT2D eigenvalue weighted by molar-refractivity contribution is 0.453. The van der Waals surface area contributed by atoms with Crippen molar-refractivity contribution in [1.29, 1.82) is 0 Å². The molecule has 1 aromatic heterocycles. The van der Waals surface area contributed by atoms with Gasteiger partial charge in [-0.15, -0.1) is 0 Å². The van der Waals surface area contributed by atoms with Crippen LogP contribution < -0.4 is 4.90 Å². The SMILES string of the molecule is C=C1c2c(nc(CCC)n2CCC(C)C)N(C)C(=C)N1CCCS. The number of anilines is 1. The van der Waals surface area contributed by atoms with Crippen LogP contribution in [0.25, 0.3) is 5.70 Å². The van der Waals surface area contributed by atoms with Gasteiger partial charge in [0, 0.05) is 26.6 Å². The molecule has 0 N–H and O–H groups in total. The Labute approximate surface area is 152 Å². The Morgan fingerprint density at radius 3 is 2.50 bits per heavy atom. The smallest absolute Gasteiger partial charge is 0.162 e. The molecule has 24 heavy (non-hydrogen) atoms. The van der Waals surface area contributed by atoms with Crippen molar-refractivity contribution in [1.82, 2.24) is 14.5 Å². The van der Waals surface area contributed by atoms with Gasteiger partial charge in [0.15, 0.2) is 5.82 Å². The van der Waals surface area contributed by atoms with E-state index in [1.54, 1.807) is 0 Å². The Hall–Kier alpha value is -1.36. The third-order valence-electron chi connectivity index (χ3n) is 4.59. The van der Waals surface area contributed by atoms with Crippen molar-refractivity contribution in [3.63, 3.8) is 0 Å². The fraction of sp³-hybridized carbons (Fsp3) is 0.632. The first-order valence-corrected chi connectivity index (χ1v) is 9.65. The number of rotatable bonds is 8. The molecular weight excluding hydrogens is 316 g/mol. The second-order valence-electron chi connectivity index (χ2n) is 6.94. The monoisotopic (exact) mass is 348 g/mol. The molecule has 1 aliphatic heterocycles. The van der Waals surface area contributed by atoms with Crippen LogP contribution in [0.5, 0.6) is 0 Å². The van der Waals surface area contributed by atoms with Gasteiger partial charge in [-0.1, -0.05) is 33.9 Å². The van der Waals surface area contributed by atoms with Crippen LogP contribution in [0, 0.1) is 5.92 Å². The predicted molar refractivity (Wildman–Crippen MR) is 107 cm³/mol. The summed E-state index contributed by atoms with van der Waals surface area (Å²) in [6.07, 6.45) is 4.24. The molecule has 4 nitrogen and oxygen atoms in total. The molecule has 0 saturated heterocycles. The van der Waals surface area contributed by atoms with E-state index < -0.39 is 0 Å². The molecular formula is C19H32N4S. The first-order chi connectivity index (χ1) is 11.4. The molecule has 0 aromatic carbocycles. The van der Waals surface area contributed by atoms with E-state index in [-0.39, 0.29) is 0 Å². The maximum Gasteiger partial charge on any atom is 0.162 e. The third kappa shape index (κ3) is 3.66. The van der Waals surface area contributed by atoms with Crippen LogP contribution in [0.1, 0.15) is 51.6 Å². The number of aromatic nitrogens is 2. The van der Waals surface area contributed by atoms with Crippen LogP contribution in [0.3, 0.4) is 0 Å². The Kier molecular flexibility index (Phi) is 6.44. The molecule has 2 heterocycles. The molecule has 5 heteroatoms. The highest BCUT2D eigenvalue weighted by Crippen LogP contribution is 2.38. The molecule has 134 valence electrons. The average Bonchev–Trinajstić information content (AvgIpc) is 2.90. The van der Waals surface area contributed by atoms with E-state index in [1.807, 2.05) is 0 Å². The summed E-state index contributed by atoms with van der Waals surface area (Å²) < 4.78 is 2.39. The molecule has 0 amide bonds. The minimum absolute atomic E-state index is 0.669. The number of hydrogen-bond acceptors (Lipinski definition) is 4. The molecule has 0 fully saturated rings. The zero-order valence-corrected chi connectivity index (χ0v) is 16.6. The van der Waals surface area contributed by atoms with Gasteiger partial charge >= 0.3 is 0 Å². The van der Waals surface area contributed by atoms with Crippen molar-refractivity contribution < 1.29 is 0 Å². The largest absolute Gasteiger partial charge is 0.327 e. The van der Waals surface area contributed by atoms with Gasteiger partial charge in [0.05, 0.1) is 5.70 Å². The summed E-state index contributed by atoms with van der Waals surface area (Å²) in [5, 5.41) is 0. The van der Waals surface area contributed by atoms with Crippen molar-refractivity contribution in [2.75, 3.05) is 24.2 Å². The van der Waals surface area contributed by atoms with Crippen LogP contribution in [0.2, 0.25) is 0 Å². The normalized spacial score (nSPS) is 14.8. The van der Waals surface area contributed by atoms with Crippen LogP contribution >= 0.6 is 12.6 Å². The second-order valence-corrected chi connectivity index (χ2v) is 7.38. The number of aryl methyl sites for hydroxylation is 1. The Morgan fingerprint density at radius 2 is 1.92 bits per heavy atom. The Bertz CT molecular complexity index is 603. The minimum atomic E-state index is 0.669. The lowest BCUT2D eigenvalue weighted by atomic mass is 10.1. The summed E-state index contributed by atoms with van der Waals surface area (Å²) in [6.45, 7) is 17.3. The van der Waals surface area contributed by atoms with Gasteiger partial charge < -0.3 is 14.4 Å². The van der Waals surface area contributed by atoms with E-state index in [0.717, 1.165) is 67.6 Å². The van der Waals surface area contributed by atoms with Gasteiger partial charge in [-0.05, 0) is 30.9 Å². The van der Waals surface area contributed by atoms with Crippen molar-refractivity contribution in [2.45, 2.75) is 53.0 Å². The van der Waals surface area contributed by atoms with Gasteiger partial charge in [0.2, 0.25) is 0 Å². The standard InChI is InChI=1S/C19H32N4S/c1-7-9-17-20-19-18(23(17)12-10-14(2)3)15(4)22(11-8-13-24)16(5)21(19)6/h14,24H,4-5,7-13H2,1-3,6H3. The van der Waals surface area contributed by atoms with Crippen LogP contribution in [0.15, 0.2) is 19.0 Å². The first kappa shape index (κ1) is 19.0. The molecule has 1 aromatic rings. The number of nitrogens with zero attached hydrogens (tertiary/aromatic N) is 4. The molecule has 0 bridgehead atoms. The summed E-state index contributed by atoms with van der Waals surface area (Å²) in [6, 6.07) is 0. The van der Waals surface area contributed by atoms with E-state index >= 15 is 0 Å². The van der Waals surface area contributed by atoms with Crippen LogP contribution in [0.4, 0.5) is 5.82 Å².